The summed E-state index contributed by atoms with van der Waals surface area (Å²) in [6.45, 7) is 0. The maximum Gasteiger partial charge on any atom is 0.0934 e. The minimum atomic E-state index is -0.388. The standard InChI is InChI=1S/C13H14O2/c14-13(12-4-2-1-3-5-12)7-6-11-8-9-15-10-11/h1-5,8-10,13-14H,6-7H2. The lowest BCUT2D eigenvalue weighted by Crippen LogP contribution is -1.98. The van der Waals surface area contributed by atoms with Crippen LogP contribution in [0.1, 0.15) is 23.7 Å². The molecule has 1 aromatic carbocycles. The van der Waals surface area contributed by atoms with Crippen LogP contribution in [0.3, 0.4) is 0 Å². The summed E-state index contributed by atoms with van der Waals surface area (Å²) in [6, 6.07) is 11.6. The lowest BCUT2D eigenvalue weighted by atomic mass is 10.0. The summed E-state index contributed by atoms with van der Waals surface area (Å²) in [6.07, 6.45) is 4.55. The van der Waals surface area contributed by atoms with Gasteiger partial charge in [0.05, 0.1) is 18.6 Å². The van der Waals surface area contributed by atoms with E-state index in [4.69, 9.17) is 4.42 Å². The first-order chi connectivity index (χ1) is 7.36. The molecule has 0 bridgehead atoms. The van der Waals surface area contributed by atoms with Gasteiger partial charge in [0.25, 0.3) is 0 Å². The van der Waals surface area contributed by atoms with Crippen LogP contribution in [-0.2, 0) is 6.42 Å². The van der Waals surface area contributed by atoms with E-state index in [2.05, 4.69) is 0 Å². The van der Waals surface area contributed by atoms with Gasteiger partial charge in [0.1, 0.15) is 0 Å². The number of hydrogen-bond acceptors (Lipinski definition) is 2. The van der Waals surface area contributed by atoms with Gasteiger partial charge in [-0.1, -0.05) is 30.3 Å². The Morgan fingerprint density at radius 2 is 1.93 bits per heavy atom. The second-order valence-electron chi connectivity index (χ2n) is 3.60. The zero-order valence-electron chi connectivity index (χ0n) is 8.47. The van der Waals surface area contributed by atoms with Gasteiger partial charge in [-0.25, -0.2) is 0 Å². The molecular weight excluding hydrogens is 188 g/mol. The Morgan fingerprint density at radius 3 is 2.60 bits per heavy atom. The van der Waals surface area contributed by atoms with Crippen LogP contribution in [0, 0.1) is 0 Å². The monoisotopic (exact) mass is 202 g/mol. The smallest absolute Gasteiger partial charge is 0.0934 e. The number of furan rings is 1. The van der Waals surface area contributed by atoms with E-state index in [1.165, 1.54) is 0 Å². The van der Waals surface area contributed by atoms with Gasteiger partial charge in [0, 0.05) is 0 Å². The Kier molecular flexibility index (Phi) is 3.20. The van der Waals surface area contributed by atoms with E-state index in [1.807, 2.05) is 36.4 Å². The third kappa shape index (κ3) is 2.70. The molecule has 1 aromatic heterocycles. The molecule has 1 atom stereocenters. The van der Waals surface area contributed by atoms with Gasteiger partial charge in [0.2, 0.25) is 0 Å². The average Bonchev–Trinajstić information content (AvgIpc) is 2.80. The summed E-state index contributed by atoms with van der Waals surface area (Å²) >= 11 is 0. The molecular formula is C13H14O2. The average molecular weight is 202 g/mol. The van der Waals surface area contributed by atoms with E-state index in [0.717, 1.165) is 24.0 Å². The quantitative estimate of drug-likeness (QED) is 0.826. The fraction of sp³-hybridized carbons (Fsp3) is 0.231. The van der Waals surface area contributed by atoms with Gasteiger partial charge in [-0.2, -0.15) is 0 Å². The minimum Gasteiger partial charge on any atom is -0.472 e. The molecule has 2 rings (SSSR count). The first kappa shape index (κ1) is 9.99. The second kappa shape index (κ2) is 4.80. The van der Waals surface area contributed by atoms with Crippen molar-refractivity contribution in [3.8, 4) is 0 Å². The molecule has 2 nitrogen and oxygen atoms in total. The molecule has 15 heavy (non-hydrogen) atoms. The molecule has 0 fully saturated rings. The van der Waals surface area contributed by atoms with E-state index in [1.54, 1.807) is 12.5 Å². The van der Waals surface area contributed by atoms with Gasteiger partial charge >= 0.3 is 0 Å². The second-order valence-corrected chi connectivity index (χ2v) is 3.60. The molecule has 2 aromatic rings. The number of aliphatic hydroxyl groups excluding tert-OH is 1. The first-order valence-corrected chi connectivity index (χ1v) is 5.10. The van der Waals surface area contributed by atoms with Crippen molar-refractivity contribution in [1.29, 1.82) is 0 Å². The van der Waals surface area contributed by atoms with Crippen LogP contribution in [0.2, 0.25) is 0 Å². The van der Waals surface area contributed by atoms with Gasteiger partial charge in [-0.3, -0.25) is 0 Å². The Labute approximate surface area is 89.2 Å². The van der Waals surface area contributed by atoms with Crippen LogP contribution in [0.25, 0.3) is 0 Å². The SMILES string of the molecule is OC(CCc1ccoc1)c1ccccc1. The summed E-state index contributed by atoms with van der Waals surface area (Å²) in [4.78, 5) is 0. The topological polar surface area (TPSA) is 33.4 Å². The van der Waals surface area contributed by atoms with Crippen LogP contribution < -0.4 is 0 Å². The maximum absolute atomic E-state index is 9.89. The van der Waals surface area contributed by atoms with E-state index < -0.39 is 0 Å². The van der Waals surface area contributed by atoms with Crippen molar-refractivity contribution in [3.05, 3.63) is 60.1 Å². The Hall–Kier alpha value is -1.54. The van der Waals surface area contributed by atoms with Crippen molar-refractivity contribution in [2.75, 3.05) is 0 Å². The Morgan fingerprint density at radius 1 is 1.13 bits per heavy atom. The summed E-state index contributed by atoms with van der Waals surface area (Å²) in [5.74, 6) is 0. The molecule has 0 aliphatic heterocycles. The van der Waals surface area contributed by atoms with E-state index in [0.29, 0.717) is 0 Å². The van der Waals surface area contributed by atoms with Crippen LogP contribution >= 0.6 is 0 Å². The fourth-order valence-corrected chi connectivity index (χ4v) is 1.58. The number of benzene rings is 1. The lowest BCUT2D eigenvalue weighted by Gasteiger charge is -2.09. The van der Waals surface area contributed by atoms with E-state index >= 15 is 0 Å². The maximum atomic E-state index is 9.89. The highest BCUT2D eigenvalue weighted by Crippen LogP contribution is 2.18. The fourth-order valence-electron chi connectivity index (χ4n) is 1.58. The highest BCUT2D eigenvalue weighted by molar-refractivity contribution is 5.17. The predicted octanol–water partition coefficient (Wildman–Crippen LogP) is 2.95. The summed E-state index contributed by atoms with van der Waals surface area (Å²) < 4.78 is 4.97. The molecule has 1 heterocycles. The number of rotatable bonds is 4. The highest BCUT2D eigenvalue weighted by Gasteiger charge is 2.06. The number of hydrogen-bond donors (Lipinski definition) is 1. The first-order valence-electron chi connectivity index (χ1n) is 5.10. The zero-order chi connectivity index (χ0) is 10.5. The van der Waals surface area contributed by atoms with Crippen molar-refractivity contribution in [2.24, 2.45) is 0 Å². The van der Waals surface area contributed by atoms with Crippen LogP contribution in [0.15, 0.2) is 53.3 Å². The number of aryl methyl sites for hydroxylation is 1. The largest absolute Gasteiger partial charge is 0.472 e. The molecule has 0 amide bonds. The summed E-state index contributed by atoms with van der Waals surface area (Å²) in [5, 5.41) is 9.89. The Bertz CT molecular complexity index is 378. The number of aliphatic hydroxyl groups is 1. The van der Waals surface area contributed by atoms with Gasteiger partial charge in [-0.05, 0) is 30.0 Å². The summed E-state index contributed by atoms with van der Waals surface area (Å²) in [7, 11) is 0. The van der Waals surface area contributed by atoms with Crippen molar-refractivity contribution in [1.82, 2.24) is 0 Å². The lowest BCUT2D eigenvalue weighted by molar-refractivity contribution is 0.168. The van der Waals surface area contributed by atoms with E-state index in [9.17, 15) is 5.11 Å². The molecule has 0 saturated carbocycles. The molecule has 0 spiro atoms. The minimum absolute atomic E-state index is 0.388. The summed E-state index contributed by atoms with van der Waals surface area (Å²) in [5.41, 5.74) is 2.10. The van der Waals surface area contributed by atoms with Gasteiger partial charge in [-0.15, -0.1) is 0 Å². The van der Waals surface area contributed by atoms with Crippen molar-refractivity contribution in [2.45, 2.75) is 18.9 Å². The van der Waals surface area contributed by atoms with E-state index in [-0.39, 0.29) is 6.10 Å². The molecule has 78 valence electrons. The highest BCUT2D eigenvalue weighted by atomic mass is 16.3. The molecule has 0 saturated heterocycles. The van der Waals surface area contributed by atoms with Gasteiger partial charge in [0.15, 0.2) is 0 Å². The Balaban J connectivity index is 1.90. The van der Waals surface area contributed by atoms with Crippen LogP contribution in [-0.4, -0.2) is 5.11 Å². The zero-order valence-corrected chi connectivity index (χ0v) is 8.47. The molecule has 0 aliphatic carbocycles. The van der Waals surface area contributed by atoms with Crippen LogP contribution in [0.4, 0.5) is 0 Å². The molecule has 0 aliphatic rings. The molecule has 1 N–H and O–H groups in total. The van der Waals surface area contributed by atoms with Gasteiger partial charge < -0.3 is 9.52 Å². The van der Waals surface area contributed by atoms with Crippen LogP contribution in [0.5, 0.6) is 0 Å². The van der Waals surface area contributed by atoms with Crippen molar-refractivity contribution >= 4 is 0 Å². The molecule has 0 radical (unpaired) electrons. The predicted molar refractivity (Wildman–Crippen MR) is 58.4 cm³/mol. The molecule has 1 unspecified atom stereocenters. The third-order valence-electron chi connectivity index (χ3n) is 2.47. The van der Waals surface area contributed by atoms with Crippen molar-refractivity contribution in [3.63, 3.8) is 0 Å². The normalized spacial score (nSPS) is 12.6. The molecule has 2 heteroatoms. The van der Waals surface area contributed by atoms with Crippen molar-refractivity contribution < 1.29 is 9.52 Å². The third-order valence-corrected chi connectivity index (χ3v) is 2.47.